The van der Waals surface area contributed by atoms with Crippen LogP contribution < -0.4 is 11.1 Å². The van der Waals surface area contributed by atoms with Gasteiger partial charge in [-0.2, -0.15) is 0 Å². The van der Waals surface area contributed by atoms with Gasteiger partial charge in [-0.05, 0) is 27.7 Å². The van der Waals surface area contributed by atoms with Crippen molar-refractivity contribution in [2.24, 2.45) is 0 Å². The van der Waals surface area contributed by atoms with Crippen molar-refractivity contribution in [2.45, 2.75) is 33.3 Å². The number of amides is 1. The Morgan fingerprint density at radius 1 is 1.55 bits per heavy atom. The quantitative estimate of drug-likeness (QED) is 0.651. The Morgan fingerprint density at radius 2 is 2.18 bits per heavy atom. The molecule has 8 nitrogen and oxygen atoms in total. The van der Waals surface area contributed by atoms with Gasteiger partial charge in [0.25, 0.3) is 0 Å². The fourth-order valence-electron chi connectivity index (χ4n) is 1.67. The second-order valence-corrected chi connectivity index (χ2v) is 5.61. The molecule has 0 bridgehead atoms. The molecule has 0 aliphatic rings. The van der Waals surface area contributed by atoms with E-state index in [9.17, 15) is 14.9 Å². The minimum absolute atomic E-state index is 0.119. The van der Waals surface area contributed by atoms with Gasteiger partial charge in [0.1, 0.15) is 5.60 Å². The van der Waals surface area contributed by atoms with E-state index in [0.717, 1.165) is 0 Å². The van der Waals surface area contributed by atoms with Crippen molar-refractivity contribution in [1.82, 2.24) is 10.3 Å². The molecule has 0 aliphatic carbocycles. The Morgan fingerprint density at radius 3 is 2.73 bits per heavy atom. The molecule has 0 aromatic carbocycles. The summed E-state index contributed by atoms with van der Waals surface area (Å²) in [4.78, 5) is 25.6. The van der Waals surface area contributed by atoms with Gasteiger partial charge in [0.15, 0.2) is 0 Å². The van der Waals surface area contributed by atoms with Gasteiger partial charge in [-0.15, -0.1) is 0 Å². The molecule has 1 rings (SSSR count). The summed E-state index contributed by atoms with van der Waals surface area (Å²) in [5.74, 6) is -0.119. The summed E-state index contributed by atoms with van der Waals surface area (Å²) in [5.41, 5.74) is 5.71. The number of alkyl carbamates (subject to hydrolysis) is 1. The van der Waals surface area contributed by atoms with Crippen LogP contribution in [0.2, 0.25) is 0 Å². The fourth-order valence-corrected chi connectivity index (χ4v) is 1.67. The number of aromatic nitrogens is 1. The number of nitro groups is 1. The SMILES string of the molecule is Cc1c(C=CCNC(=O)OC(C)(C)C)cnc(N)c1[N+](=O)[O-]. The third-order valence-corrected chi connectivity index (χ3v) is 2.62. The number of nitrogens with two attached hydrogens (primary N) is 1. The van der Waals surface area contributed by atoms with Gasteiger partial charge in [0.05, 0.1) is 4.92 Å². The van der Waals surface area contributed by atoms with Gasteiger partial charge < -0.3 is 15.8 Å². The van der Waals surface area contributed by atoms with E-state index >= 15 is 0 Å². The lowest BCUT2D eigenvalue weighted by atomic mass is 10.1. The summed E-state index contributed by atoms with van der Waals surface area (Å²) < 4.78 is 5.08. The Labute approximate surface area is 128 Å². The van der Waals surface area contributed by atoms with E-state index in [1.54, 1.807) is 39.8 Å². The number of ether oxygens (including phenoxy) is 1. The minimum atomic E-state index is -0.564. The zero-order valence-corrected chi connectivity index (χ0v) is 13.0. The van der Waals surface area contributed by atoms with Crippen molar-refractivity contribution >= 4 is 23.7 Å². The number of hydrogen-bond donors (Lipinski definition) is 2. The highest BCUT2D eigenvalue weighted by Gasteiger charge is 2.18. The number of nitrogen functional groups attached to an aromatic ring is 1. The van der Waals surface area contributed by atoms with E-state index < -0.39 is 16.6 Å². The zero-order valence-electron chi connectivity index (χ0n) is 13.0. The lowest BCUT2D eigenvalue weighted by molar-refractivity contribution is -0.384. The van der Waals surface area contributed by atoms with Gasteiger partial charge in [-0.1, -0.05) is 12.2 Å². The maximum absolute atomic E-state index is 11.4. The summed E-state index contributed by atoms with van der Waals surface area (Å²) in [5, 5.41) is 13.5. The molecule has 0 saturated carbocycles. The molecule has 0 spiro atoms. The lowest BCUT2D eigenvalue weighted by Crippen LogP contribution is -2.32. The molecular formula is C14H20N4O4. The number of pyridine rings is 1. The van der Waals surface area contributed by atoms with E-state index in [1.165, 1.54) is 6.20 Å². The van der Waals surface area contributed by atoms with Crippen LogP contribution >= 0.6 is 0 Å². The lowest BCUT2D eigenvalue weighted by Gasteiger charge is -2.19. The minimum Gasteiger partial charge on any atom is -0.444 e. The molecule has 0 unspecified atom stereocenters. The van der Waals surface area contributed by atoms with E-state index in [1.807, 2.05) is 0 Å². The molecule has 22 heavy (non-hydrogen) atoms. The van der Waals surface area contributed by atoms with Crippen molar-refractivity contribution in [2.75, 3.05) is 12.3 Å². The average Bonchev–Trinajstić information content (AvgIpc) is 2.34. The Bertz CT molecular complexity index is 606. The number of carbonyl (C=O) groups is 1. The van der Waals surface area contributed by atoms with E-state index in [0.29, 0.717) is 11.1 Å². The number of hydrogen-bond acceptors (Lipinski definition) is 6. The van der Waals surface area contributed by atoms with E-state index in [2.05, 4.69) is 10.3 Å². The maximum Gasteiger partial charge on any atom is 0.407 e. The third-order valence-electron chi connectivity index (χ3n) is 2.62. The van der Waals surface area contributed by atoms with Crippen LogP contribution in [0.15, 0.2) is 12.3 Å². The topological polar surface area (TPSA) is 120 Å². The number of nitrogens with one attached hydrogen (secondary N) is 1. The van der Waals surface area contributed by atoms with Gasteiger partial charge >= 0.3 is 11.8 Å². The first-order valence-corrected chi connectivity index (χ1v) is 6.64. The molecular weight excluding hydrogens is 288 g/mol. The zero-order chi connectivity index (χ0) is 16.9. The number of nitrogens with zero attached hydrogens (tertiary/aromatic N) is 2. The molecule has 0 radical (unpaired) electrons. The first-order valence-electron chi connectivity index (χ1n) is 6.64. The van der Waals surface area contributed by atoms with E-state index in [-0.39, 0.29) is 18.1 Å². The van der Waals surface area contributed by atoms with Crippen LogP contribution in [0.1, 0.15) is 31.9 Å². The first kappa shape index (κ1) is 17.4. The van der Waals surface area contributed by atoms with Gasteiger partial charge in [0, 0.05) is 23.9 Å². The van der Waals surface area contributed by atoms with Crippen LogP contribution in [0.25, 0.3) is 6.08 Å². The smallest absolute Gasteiger partial charge is 0.407 e. The second-order valence-electron chi connectivity index (χ2n) is 5.61. The van der Waals surface area contributed by atoms with E-state index in [4.69, 9.17) is 10.5 Å². The molecule has 1 aromatic heterocycles. The van der Waals surface area contributed by atoms with Crippen LogP contribution in [0.4, 0.5) is 16.3 Å². The molecule has 0 atom stereocenters. The molecule has 1 aromatic rings. The predicted octanol–water partition coefficient (Wildman–Crippen LogP) is 2.42. The highest BCUT2D eigenvalue weighted by atomic mass is 16.6. The van der Waals surface area contributed by atoms with Crippen LogP contribution in [0.3, 0.4) is 0 Å². The van der Waals surface area contributed by atoms with Crippen LogP contribution in [0, 0.1) is 17.0 Å². The standard InChI is InChI=1S/C14H20N4O4/c1-9-10(8-17-12(15)11(9)18(20)21)6-5-7-16-13(19)22-14(2,3)4/h5-6,8H,7H2,1-4H3,(H2,15,17)(H,16,19). The third kappa shape index (κ3) is 5.04. The molecule has 120 valence electrons. The van der Waals surface area contributed by atoms with Crippen molar-refractivity contribution in [1.29, 1.82) is 0 Å². The molecule has 0 fully saturated rings. The van der Waals surface area contributed by atoms with Gasteiger partial charge in [-0.3, -0.25) is 10.1 Å². The Hall–Kier alpha value is -2.64. The average molecular weight is 308 g/mol. The normalized spacial score (nSPS) is 11.5. The van der Waals surface area contributed by atoms with Gasteiger partial charge in [0.2, 0.25) is 5.82 Å². The van der Waals surface area contributed by atoms with Crippen molar-refractivity contribution in [3.8, 4) is 0 Å². The summed E-state index contributed by atoms with van der Waals surface area (Å²) in [7, 11) is 0. The molecule has 0 saturated heterocycles. The molecule has 3 N–H and O–H groups in total. The fraction of sp³-hybridized carbons (Fsp3) is 0.429. The van der Waals surface area contributed by atoms with Crippen molar-refractivity contribution in [3.05, 3.63) is 33.5 Å². The van der Waals surface area contributed by atoms with Crippen molar-refractivity contribution in [3.63, 3.8) is 0 Å². The van der Waals surface area contributed by atoms with Gasteiger partial charge in [-0.25, -0.2) is 9.78 Å². The summed E-state index contributed by atoms with van der Waals surface area (Å²) in [6.45, 7) is 7.13. The van der Waals surface area contributed by atoms with Crippen LogP contribution in [-0.2, 0) is 4.74 Å². The summed E-state index contributed by atoms with van der Waals surface area (Å²) >= 11 is 0. The predicted molar refractivity (Wildman–Crippen MR) is 83.3 cm³/mol. The molecule has 0 aliphatic heterocycles. The Kier molecular flexibility index (Phi) is 5.44. The molecule has 1 heterocycles. The van der Waals surface area contributed by atoms with Crippen LogP contribution in [0.5, 0.6) is 0 Å². The summed E-state index contributed by atoms with van der Waals surface area (Å²) in [6, 6.07) is 0. The first-order chi connectivity index (χ1) is 10.1. The molecule has 1 amide bonds. The monoisotopic (exact) mass is 308 g/mol. The number of anilines is 1. The highest BCUT2D eigenvalue weighted by molar-refractivity contribution is 5.69. The largest absolute Gasteiger partial charge is 0.444 e. The second kappa shape index (κ2) is 6.88. The number of carbonyl (C=O) groups excluding carboxylic acids is 1. The maximum atomic E-state index is 11.4. The van der Waals surface area contributed by atoms with Crippen molar-refractivity contribution < 1.29 is 14.5 Å². The molecule has 8 heteroatoms. The summed E-state index contributed by atoms with van der Waals surface area (Å²) in [6.07, 6.45) is 4.19. The highest BCUT2D eigenvalue weighted by Crippen LogP contribution is 2.26. The Balaban J connectivity index is 2.70. The van der Waals surface area contributed by atoms with Crippen LogP contribution in [-0.4, -0.2) is 28.1 Å². The number of rotatable bonds is 4.